The van der Waals surface area contributed by atoms with Crippen LogP contribution >= 0.6 is 24.8 Å². The van der Waals surface area contributed by atoms with Gasteiger partial charge in [-0.15, -0.1) is 24.8 Å². The van der Waals surface area contributed by atoms with E-state index in [4.69, 9.17) is 0 Å². The molecule has 1 aromatic rings. The summed E-state index contributed by atoms with van der Waals surface area (Å²) in [7, 11) is 0. The second kappa shape index (κ2) is 11.2. The molecule has 152 valence electrons. The van der Waals surface area contributed by atoms with Crippen molar-refractivity contribution in [1.82, 2.24) is 10.2 Å². The molecule has 0 saturated carbocycles. The van der Waals surface area contributed by atoms with Crippen molar-refractivity contribution in [2.24, 2.45) is 5.92 Å². The molecule has 9 heteroatoms. The molecular formula is C17H26Cl2F4N2O. The largest absolute Gasteiger partial charge is 0.461 e. The SMILES string of the molecule is CC(C)C[C@H](c1cccc(OC(F)(F)C(F)F)c1)N1CCNCC1.Cl.Cl. The molecule has 0 spiro atoms. The highest BCUT2D eigenvalue weighted by molar-refractivity contribution is 5.85. The summed E-state index contributed by atoms with van der Waals surface area (Å²) in [6, 6.07) is 6.19. The van der Waals surface area contributed by atoms with E-state index in [1.807, 2.05) is 6.07 Å². The van der Waals surface area contributed by atoms with Crippen molar-refractivity contribution >= 4 is 24.8 Å². The molecule has 1 aliphatic heterocycles. The zero-order valence-electron chi connectivity index (χ0n) is 14.8. The Labute approximate surface area is 164 Å². The molecule has 1 heterocycles. The third-order valence-corrected chi connectivity index (χ3v) is 4.04. The highest BCUT2D eigenvalue weighted by atomic mass is 35.5. The van der Waals surface area contributed by atoms with E-state index < -0.39 is 12.5 Å². The summed E-state index contributed by atoms with van der Waals surface area (Å²) in [5.41, 5.74) is 0.813. The number of benzene rings is 1. The number of rotatable bonds is 7. The first-order chi connectivity index (χ1) is 11.3. The van der Waals surface area contributed by atoms with Crippen molar-refractivity contribution in [3.05, 3.63) is 29.8 Å². The average molecular weight is 421 g/mol. The van der Waals surface area contributed by atoms with Crippen LogP contribution in [-0.4, -0.2) is 43.6 Å². The quantitative estimate of drug-likeness (QED) is 0.643. The van der Waals surface area contributed by atoms with Gasteiger partial charge in [-0.1, -0.05) is 26.0 Å². The van der Waals surface area contributed by atoms with E-state index in [9.17, 15) is 17.6 Å². The van der Waals surface area contributed by atoms with Crippen molar-refractivity contribution < 1.29 is 22.3 Å². The maximum Gasteiger partial charge on any atom is 0.461 e. The first-order valence-corrected chi connectivity index (χ1v) is 8.19. The van der Waals surface area contributed by atoms with Gasteiger partial charge in [-0.05, 0) is 30.0 Å². The summed E-state index contributed by atoms with van der Waals surface area (Å²) in [5, 5.41) is 3.28. The van der Waals surface area contributed by atoms with Gasteiger partial charge in [-0.2, -0.15) is 17.6 Å². The van der Waals surface area contributed by atoms with Crippen LogP contribution in [0.25, 0.3) is 0 Å². The van der Waals surface area contributed by atoms with Gasteiger partial charge in [0.05, 0.1) is 0 Å². The number of ether oxygens (including phenoxy) is 1. The van der Waals surface area contributed by atoms with E-state index in [0.717, 1.165) is 38.2 Å². The van der Waals surface area contributed by atoms with Crippen LogP contribution in [0, 0.1) is 5.92 Å². The summed E-state index contributed by atoms with van der Waals surface area (Å²) in [5.74, 6) is 0.179. The molecule has 1 aromatic carbocycles. The van der Waals surface area contributed by atoms with Gasteiger partial charge in [0, 0.05) is 32.2 Å². The molecule has 1 aliphatic rings. The van der Waals surface area contributed by atoms with E-state index in [2.05, 4.69) is 28.8 Å². The van der Waals surface area contributed by atoms with E-state index in [-0.39, 0.29) is 36.6 Å². The van der Waals surface area contributed by atoms with Crippen LogP contribution in [0.5, 0.6) is 5.75 Å². The molecule has 1 N–H and O–H groups in total. The standard InChI is InChI=1S/C17H24F4N2O.2ClH/c1-12(2)10-15(23-8-6-22-7-9-23)13-4-3-5-14(11-13)24-17(20,21)16(18)19;;/h3-5,11-12,15-16,22H,6-10H2,1-2H3;2*1H/t15-;;/m1../s1. The minimum Gasteiger partial charge on any atom is -0.428 e. The van der Waals surface area contributed by atoms with Crippen molar-refractivity contribution in [1.29, 1.82) is 0 Å². The lowest BCUT2D eigenvalue weighted by Gasteiger charge is -2.36. The Kier molecular flexibility index (Phi) is 10.8. The van der Waals surface area contributed by atoms with Gasteiger partial charge in [0.1, 0.15) is 5.75 Å². The van der Waals surface area contributed by atoms with E-state index in [1.165, 1.54) is 12.1 Å². The fraction of sp³-hybridized carbons (Fsp3) is 0.647. The lowest BCUT2D eigenvalue weighted by Crippen LogP contribution is -2.45. The topological polar surface area (TPSA) is 24.5 Å². The van der Waals surface area contributed by atoms with E-state index in [1.54, 1.807) is 6.07 Å². The molecule has 1 fully saturated rings. The predicted molar refractivity (Wildman–Crippen MR) is 99.2 cm³/mol. The highest BCUT2D eigenvalue weighted by Crippen LogP contribution is 2.33. The van der Waals surface area contributed by atoms with Crippen LogP contribution in [-0.2, 0) is 0 Å². The second-order valence-electron chi connectivity index (χ2n) is 6.47. The summed E-state index contributed by atoms with van der Waals surface area (Å²) in [4.78, 5) is 2.29. The van der Waals surface area contributed by atoms with Crippen LogP contribution in [0.4, 0.5) is 17.6 Å². The van der Waals surface area contributed by atoms with Crippen LogP contribution in [0.15, 0.2) is 24.3 Å². The number of piperazine rings is 1. The normalized spacial score (nSPS) is 16.8. The second-order valence-corrected chi connectivity index (χ2v) is 6.47. The van der Waals surface area contributed by atoms with Crippen molar-refractivity contribution in [3.8, 4) is 5.75 Å². The fourth-order valence-corrected chi connectivity index (χ4v) is 2.92. The molecule has 0 bridgehead atoms. The molecule has 0 radical (unpaired) electrons. The average Bonchev–Trinajstić information content (AvgIpc) is 2.53. The molecule has 26 heavy (non-hydrogen) atoms. The number of nitrogens with zero attached hydrogens (tertiary/aromatic N) is 1. The maximum atomic E-state index is 13.1. The fourth-order valence-electron chi connectivity index (χ4n) is 2.92. The molecule has 0 aliphatic carbocycles. The Balaban J connectivity index is 0.00000312. The summed E-state index contributed by atoms with van der Waals surface area (Å²) in [6.45, 7) is 7.65. The first-order valence-electron chi connectivity index (χ1n) is 8.19. The molecule has 1 atom stereocenters. The Morgan fingerprint density at radius 2 is 1.77 bits per heavy atom. The van der Waals surface area contributed by atoms with Gasteiger partial charge in [-0.25, -0.2) is 0 Å². The Hall–Kier alpha value is -0.760. The smallest absolute Gasteiger partial charge is 0.428 e. The number of halogens is 6. The van der Waals surface area contributed by atoms with Crippen LogP contribution in [0.3, 0.4) is 0 Å². The molecule has 0 aromatic heterocycles. The van der Waals surface area contributed by atoms with Gasteiger partial charge in [-0.3, -0.25) is 4.90 Å². The Bertz CT molecular complexity index is 529. The highest BCUT2D eigenvalue weighted by Gasteiger charge is 2.44. The van der Waals surface area contributed by atoms with Gasteiger partial charge >= 0.3 is 12.5 Å². The lowest BCUT2D eigenvalue weighted by atomic mass is 9.95. The van der Waals surface area contributed by atoms with Gasteiger partial charge in [0.15, 0.2) is 0 Å². The number of alkyl halides is 4. The number of hydrogen-bond donors (Lipinski definition) is 1. The van der Waals surface area contributed by atoms with E-state index >= 15 is 0 Å². The third kappa shape index (κ3) is 7.10. The van der Waals surface area contributed by atoms with Crippen molar-refractivity contribution in [2.75, 3.05) is 26.2 Å². The Morgan fingerprint density at radius 3 is 2.31 bits per heavy atom. The third-order valence-electron chi connectivity index (χ3n) is 4.04. The predicted octanol–water partition coefficient (Wildman–Crippen LogP) is 4.76. The summed E-state index contributed by atoms with van der Waals surface area (Å²) >= 11 is 0. The summed E-state index contributed by atoms with van der Waals surface area (Å²) < 4.78 is 55.2. The molecule has 3 nitrogen and oxygen atoms in total. The number of hydrogen-bond acceptors (Lipinski definition) is 3. The van der Waals surface area contributed by atoms with Crippen molar-refractivity contribution in [3.63, 3.8) is 0 Å². The molecule has 0 unspecified atom stereocenters. The lowest BCUT2D eigenvalue weighted by molar-refractivity contribution is -0.253. The van der Waals surface area contributed by atoms with E-state index in [0.29, 0.717) is 5.92 Å². The molecule has 0 amide bonds. The summed E-state index contributed by atoms with van der Waals surface area (Å²) in [6.07, 6.45) is -7.49. The molecule has 1 saturated heterocycles. The van der Waals surface area contributed by atoms with Gasteiger partial charge < -0.3 is 10.1 Å². The van der Waals surface area contributed by atoms with Crippen LogP contribution < -0.4 is 10.1 Å². The zero-order valence-corrected chi connectivity index (χ0v) is 16.4. The molecule has 2 rings (SSSR count). The van der Waals surface area contributed by atoms with Crippen LogP contribution in [0.1, 0.15) is 31.9 Å². The van der Waals surface area contributed by atoms with Gasteiger partial charge in [0.25, 0.3) is 0 Å². The Morgan fingerprint density at radius 1 is 1.15 bits per heavy atom. The first kappa shape index (κ1) is 25.2. The van der Waals surface area contributed by atoms with Crippen LogP contribution in [0.2, 0.25) is 0 Å². The van der Waals surface area contributed by atoms with Crippen molar-refractivity contribution in [2.45, 2.75) is 38.8 Å². The molecular weight excluding hydrogens is 395 g/mol. The number of nitrogens with one attached hydrogen (secondary N) is 1. The minimum atomic E-state index is -4.48. The minimum absolute atomic E-state index is 0. The zero-order chi connectivity index (χ0) is 17.7. The monoisotopic (exact) mass is 420 g/mol. The maximum absolute atomic E-state index is 13.1. The van der Waals surface area contributed by atoms with Gasteiger partial charge in [0.2, 0.25) is 0 Å².